The number of thiocarbonyl (C=S) groups is 1. The van der Waals surface area contributed by atoms with E-state index in [1.807, 2.05) is 0 Å². The summed E-state index contributed by atoms with van der Waals surface area (Å²) < 4.78 is 4.78. The van der Waals surface area contributed by atoms with Gasteiger partial charge in [-0.05, 0) is 12.2 Å². The molecule has 0 spiro atoms. The monoisotopic (exact) mass is 164 g/mol. The molecule has 0 bridgehead atoms. The SMILES string of the molecule is COCCNC(=S)NOC. The van der Waals surface area contributed by atoms with Crippen LogP contribution in [0, 0.1) is 0 Å². The van der Waals surface area contributed by atoms with Gasteiger partial charge in [0.25, 0.3) is 0 Å². The highest BCUT2D eigenvalue weighted by Crippen LogP contribution is 1.67. The van der Waals surface area contributed by atoms with E-state index in [9.17, 15) is 0 Å². The maximum absolute atomic E-state index is 4.78. The molecule has 0 saturated heterocycles. The zero-order chi connectivity index (χ0) is 7.82. The molecule has 0 aromatic rings. The van der Waals surface area contributed by atoms with Crippen molar-refractivity contribution in [3.8, 4) is 0 Å². The van der Waals surface area contributed by atoms with Crippen LogP contribution in [0.3, 0.4) is 0 Å². The molecule has 0 saturated carbocycles. The molecule has 2 N–H and O–H groups in total. The Balaban J connectivity index is 3.05. The van der Waals surface area contributed by atoms with Gasteiger partial charge in [0.2, 0.25) is 0 Å². The van der Waals surface area contributed by atoms with Crippen molar-refractivity contribution in [1.29, 1.82) is 0 Å². The molecule has 10 heavy (non-hydrogen) atoms. The van der Waals surface area contributed by atoms with Crippen LogP contribution >= 0.6 is 12.2 Å². The summed E-state index contributed by atoms with van der Waals surface area (Å²) in [6.07, 6.45) is 0. The Labute approximate surface area is 65.8 Å². The molecular formula is C5H12N2O2S. The molecule has 0 aliphatic heterocycles. The lowest BCUT2D eigenvalue weighted by atomic mass is 10.7. The van der Waals surface area contributed by atoms with E-state index < -0.39 is 0 Å². The zero-order valence-electron chi connectivity index (χ0n) is 6.14. The number of hydrogen-bond donors (Lipinski definition) is 2. The fourth-order valence-corrected chi connectivity index (χ4v) is 0.581. The summed E-state index contributed by atoms with van der Waals surface area (Å²) in [7, 11) is 3.14. The fourth-order valence-electron chi connectivity index (χ4n) is 0.395. The molecule has 0 aliphatic rings. The van der Waals surface area contributed by atoms with Crippen LogP contribution in [0.4, 0.5) is 0 Å². The van der Waals surface area contributed by atoms with Gasteiger partial charge < -0.3 is 10.1 Å². The van der Waals surface area contributed by atoms with Crippen LogP contribution in [-0.4, -0.2) is 32.5 Å². The van der Waals surface area contributed by atoms with Crippen LogP contribution in [0.2, 0.25) is 0 Å². The van der Waals surface area contributed by atoms with Gasteiger partial charge in [-0.25, -0.2) is 5.48 Å². The molecular weight excluding hydrogens is 152 g/mol. The Hall–Kier alpha value is -0.390. The second-order valence-corrected chi connectivity index (χ2v) is 1.96. The van der Waals surface area contributed by atoms with Gasteiger partial charge >= 0.3 is 0 Å². The Bertz CT molecular complexity index is 99.6. The average molecular weight is 164 g/mol. The van der Waals surface area contributed by atoms with E-state index in [0.717, 1.165) is 0 Å². The Kier molecular flexibility index (Phi) is 6.46. The molecule has 0 radical (unpaired) electrons. The predicted octanol–water partition coefficient (Wildman–Crippen LogP) is -0.342. The van der Waals surface area contributed by atoms with E-state index in [1.165, 1.54) is 7.11 Å². The van der Waals surface area contributed by atoms with E-state index in [1.54, 1.807) is 7.11 Å². The van der Waals surface area contributed by atoms with Gasteiger partial charge in [-0.3, -0.25) is 4.84 Å². The van der Waals surface area contributed by atoms with Crippen LogP contribution in [0.1, 0.15) is 0 Å². The molecule has 0 rings (SSSR count). The van der Waals surface area contributed by atoms with Crippen LogP contribution in [0.25, 0.3) is 0 Å². The van der Waals surface area contributed by atoms with Crippen molar-refractivity contribution in [3.63, 3.8) is 0 Å². The van der Waals surface area contributed by atoms with Crippen molar-refractivity contribution in [2.75, 3.05) is 27.4 Å². The van der Waals surface area contributed by atoms with E-state index in [4.69, 9.17) is 17.0 Å². The summed E-state index contributed by atoms with van der Waals surface area (Å²) in [5, 5.41) is 3.33. The third kappa shape index (κ3) is 5.74. The molecule has 0 aromatic heterocycles. The van der Waals surface area contributed by atoms with E-state index in [0.29, 0.717) is 18.3 Å². The minimum absolute atomic E-state index is 0.472. The number of methoxy groups -OCH3 is 1. The summed E-state index contributed by atoms with van der Waals surface area (Å²) in [4.78, 5) is 4.54. The highest BCUT2D eigenvalue weighted by molar-refractivity contribution is 7.80. The van der Waals surface area contributed by atoms with Crippen LogP contribution < -0.4 is 10.8 Å². The lowest BCUT2D eigenvalue weighted by Gasteiger charge is -2.06. The number of hydroxylamine groups is 1. The molecule has 0 aromatic carbocycles. The van der Waals surface area contributed by atoms with Gasteiger partial charge in [0, 0.05) is 13.7 Å². The second kappa shape index (κ2) is 6.73. The lowest BCUT2D eigenvalue weighted by Crippen LogP contribution is -2.36. The summed E-state index contributed by atoms with van der Waals surface area (Å²) in [5.74, 6) is 0. The molecule has 0 amide bonds. The van der Waals surface area contributed by atoms with Gasteiger partial charge in [0.1, 0.15) is 0 Å². The standard InChI is InChI=1S/C5H12N2O2S/c1-8-4-3-6-5(10)7-9-2/h3-4H2,1-2H3,(H2,6,7,10). The molecule has 0 atom stereocenters. The number of hydrogen-bond acceptors (Lipinski definition) is 3. The molecule has 0 heterocycles. The molecule has 60 valence electrons. The summed E-state index contributed by atoms with van der Waals surface area (Å²) in [6, 6.07) is 0. The molecule has 0 aliphatic carbocycles. The predicted molar refractivity (Wildman–Crippen MR) is 42.6 cm³/mol. The quantitative estimate of drug-likeness (QED) is 0.338. The second-order valence-electron chi connectivity index (χ2n) is 1.55. The van der Waals surface area contributed by atoms with Crippen LogP contribution in [0.15, 0.2) is 0 Å². The van der Waals surface area contributed by atoms with Crippen molar-refractivity contribution in [2.24, 2.45) is 0 Å². The maximum atomic E-state index is 4.78. The van der Waals surface area contributed by atoms with E-state index in [-0.39, 0.29) is 0 Å². The van der Waals surface area contributed by atoms with Crippen molar-refractivity contribution >= 4 is 17.3 Å². The van der Waals surface area contributed by atoms with E-state index in [2.05, 4.69) is 15.6 Å². The highest BCUT2D eigenvalue weighted by atomic mass is 32.1. The molecule has 0 unspecified atom stereocenters. The smallest absolute Gasteiger partial charge is 0.190 e. The zero-order valence-corrected chi connectivity index (χ0v) is 6.96. The number of ether oxygens (including phenoxy) is 1. The van der Waals surface area contributed by atoms with Crippen molar-refractivity contribution in [3.05, 3.63) is 0 Å². The van der Waals surface area contributed by atoms with Crippen LogP contribution in [-0.2, 0) is 9.57 Å². The van der Waals surface area contributed by atoms with Gasteiger partial charge in [-0.1, -0.05) is 0 Å². The van der Waals surface area contributed by atoms with Gasteiger partial charge in [-0.2, -0.15) is 0 Å². The third-order valence-corrected chi connectivity index (χ3v) is 1.01. The largest absolute Gasteiger partial charge is 0.383 e. The average Bonchev–Trinajstić information content (AvgIpc) is 1.89. The first-order chi connectivity index (χ1) is 4.81. The maximum Gasteiger partial charge on any atom is 0.190 e. The van der Waals surface area contributed by atoms with Crippen LogP contribution in [0.5, 0.6) is 0 Å². The first-order valence-corrected chi connectivity index (χ1v) is 3.28. The van der Waals surface area contributed by atoms with Crippen molar-refractivity contribution in [1.82, 2.24) is 10.8 Å². The molecule has 0 fully saturated rings. The van der Waals surface area contributed by atoms with Gasteiger partial charge in [-0.15, -0.1) is 0 Å². The fraction of sp³-hybridized carbons (Fsp3) is 0.800. The van der Waals surface area contributed by atoms with E-state index >= 15 is 0 Å². The number of rotatable bonds is 4. The Morgan fingerprint density at radius 2 is 2.20 bits per heavy atom. The normalized spacial score (nSPS) is 9.00. The Morgan fingerprint density at radius 1 is 1.50 bits per heavy atom. The van der Waals surface area contributed by atoms with Crippen molar-refractivity contribution in [2.45, 2.75) is 0 Å². The number of nitrogens with one attached hydrogen (secondary N) is 2. The van der Waals surface area contributed by atoms with Gasteiger partial charge in [0.15, 0.2) is 5.11 Å². The summed E-state index contributed by atoms with van der Waals surface area (Å²) >= 11 is 4.76. The highest BCUT2D eigenvalue weighted by Gasteiger charge is 1.89. The molecule has 5 heteroatoms. The van der Waals surface area contributed by atoms with Gasteiger partial charge in [0.05, 0.1) is 13.7 Å². The Morgan fingerprint density at radius 3 is 2.70 bits per heavy atom. The minimum Gasteiger partial charge on any atom is -0.383 e. The first kappa shape index (κ1) is 9.61. The summed E-state index contributed by atoms with van der Waals surface area (Å²) in [6.45, 7) is 1.32. The summed E-state index contributed by atoms with van der Waals surface area (Å²) in [5.41, 5.74) is 2.47. The lowest BCUT2D eigenvalue weighted by molar-refractivity contribution is 0.142. The topological polar surface area (TPSA) is 42.5 Å². The third-order valence-electron chi connectivity index (χ3n) is 0.787. The first-order valence-electron chi connectivity index (χ1n) is 2.87. The molecule has 4 nitrogen and oxygen atoms in total. The van der Waals surface area contributed by atoms with Crippen molar-refractivity contribution < 1.29 is 9.57 Å². The minimum atomic E-state index is 0.472.